The van der Waals surface area contributed by atoms with E-state index in [1.807, 2.05) is 61.5 Å². The van der Waals surface area contributed by atoms with Crippen molar-refractivity contribution in [2.24, 2.45) is 0 Å². The van der Waals surface area contributed by atoms with Crippen molar-refractivity contribution in [1.82, 2.24) is 10.2 Å². The number of rotatable bonds is 7. The van der Waals surface area contributed by atoms with Crippen molar-refractivity contribution < 1.29 is 13.9 Å². The lowest BCUT2D eigenvalue weighted by atomic mass is 10.0. The molecule has 0 aliphatic rings. The molecule has 3 aromatic carbocycles. The average Bonchev–Trinajstić information content (AvgIpc) is 3.24. The molecule has 0 saturated carbocycles. The van der Waals surface area contributed by atoms with E-state index in [1.165, 1.54) is 5.56 Å². The van der Waals surface area contributed by atoms with Gasteiger partial charge in [0.15, 0.2) is 0 Å². The highest BCUT2D eigenvalue weighted by molar-refractivity contribution is 6.03. The second-order valence-electron chi connectivity index (χ2n) is 6.68. The summed E-state index contributed by atoms with van der Waals surface area (Å²) in [6.07, 6.45) is 0.817. The van der Waals surface area contributed by atoms with Crippen molar-refractivity contribution in [3.8, 4) is 17.2 Å². The van der Waals surface area contributed by atoms with Gasteiger partial charge in [-0.25, -0.2) is 0 Å². The molecule has 0 spiro atoms. The zero-order valence-corrected chi connectivity index (χ0v) is 16.5. The van der Waals surface area contributed by atoms with Gasteiger partial charge >= 0.3 is 6.01 Å². The van der Waals surface area contributed by atoms with Gasteiger partial charge in [-0.3, -0.25) is 10.1 Å². The number of hydrogen-bond acceptors (Lipinski definition) is 5. The van der Waals surface area contributed by atoms with Crippen LogP contribution in [0.3, 0.4) is 0 Å². The Labute approximate surface area is 174 Å². The van der Waals surface area contributed by atoms with Gasteiger partial charge in [0.25, 0.3) is 5.91 Å². The van der Waals surface area contributed by atoms with Gasteiger partial charge in [0.2, 0.25) is 5.89 Å². The van der Waals surface area contributed by atoms with Crippen LogP contribution in [-0.2, 0) is 6.42 Å². The molecule has 150 valence electrons. The zero-order valence-electron chi connectivity index (χ0n) is 16.5. The maximum atomic E-state index is 12.5. The van der Waals surface area contributed by atoms with Crippen LogP contribution in [0.25, 0.3) is 11.5 Å². The number of anilines is 1. The first kappa shape index (κ1) is 19.4. The Morgan fingerprint density at radius 3 is 2.30 bits per heavy atom. The van der Waals surface area contributed by atoms with Crippen molar-refractivity contribution in [2.75, 3.05) is 11.9 Å². The Balaban J connectivity index is 1.39. The molecule has 30 heavy (non-hydrogen) atoms. The highest BCUT2D eigenvalue weighted by Gasteiger charge is 2.13. The van der Waals surface area contributed by atoms with Gasteiger partial charge < -0.3 is 9.15 Å². The van der Waals surface area contributed by atoms with Crippen molar-refractivity contribution in [2.45, 2.75) is 13.3 Å². The van der Waals surface area contributed by atoms with Crippen LogP contribution in [0.1, 0.15) is 28.4 Å². The van der Waals surface area contributed by atoms with E-state index in [9.17, 15) is 4.79 Å². The minimum absolute atomic E-state index is 0.0530. The summed E-state index contributed by atoms with van der Waals surface area (Å²) in [5.74, 6) is 0.791. The summed E-state index contributed by atoms with van der Waals surface area (Å²) >= 11 is 0. The lowest BCUT2D eigenvalue weighted by molar-refractivity contribution is 0.102. The van der Waals surface area contributed by atoms with Gasteiger partial charge in [0.05, 0.1) is 6.61 Å². The van der Waals surface area contributed by atoms with E-state index in [2.05, 4.69) is 27.6 Å². The second kappa shape index (κ2) is 9.05. The second-order valence-corrected chi connectivity index (χ2v) is 6.68. The van der Waals surface area contributed by atoms with E-state index in [1.54, 1.807) is 12.1 Å². The molecular weight excluding hydrogens is 378 g/mol. The Morgan fingerprint density at radius 1 is 0.900 bits per heavy atom. The predicted octanol–water partition coefficient (Wildman–Crippen LogP) is 4.98. The number of nitrogens with zero attached hydrogens (tertiary/aromatic N) is 2. The molecule has 1 N–H and O–H groups in total. The molecule has 0 bridgehead atoms. The lowest BCUT2D eigenvalue weighted by Crippen LogP contribution is -2.12. The van der Waals surface area contributed by atoms with Gasteiger partial charge in [0.1, 0.15) is 5.75 Å². The number of carbonyl (C=O) groups is 1. The summed E-state index contributed by atoms with van der Waals surface area (Å²) in [5, 5.41) is 10.6. The van der Waals surface area contributed by atoms with Crippen molar-refractivity contribution in [3.63, 3.8) is 0 Å². The highest BCUT2D eigenvalue weighted by Crippen LogP contribution is 2.23. The molecule has 4 rings (SSSR count). The van der Waals surface area contributed by atoms with Crippen LogP contribution in [0.15, 0.2) is 83.3 Å². The molecular formula is C24H21N3O3. The fourth-order valence-corrected chi connectivity index (χ4v) is 3.03. The third-order valence-electron chi connectivity index (χ3n) is 4.52. The molecule has 1 aromatic heterocycles. The van der Waals surface area contributed by atoms with Crippen LogP contribution in [0.2, 0.25) is 0 Å². The van der Waals surface area contributed by atoms with E-state index >= 15 is 0 Å². The van der Waals surface area contributed by atoms with Gasteiger partial charge in [-0.15, -0.1) is 5.10 Å². The molecule has 1 amide bonds. The number of amides is 1. The van der Waals surface area contributed by atoms with Crippen molar-refractivity contribution in [1.29, 1.82) is 0 Å². The first-order valence-electron chi connectivity index (χ1n) is 9.72. The quantitative estimate of drug-likeness (QED) is 0.474. The molecule has 0 fully saturated rings. The number of benzene rings is 3. The number of carbonyl (C=O) groups excluding carboxylic acids is 1. The molecule has 0 aliphatic carbocycles. The Bertz CT molecular complexity index is 1100. The molecule has 1 heterocycles. The minimum Gasteiger partial charge on any atom is -0.494 e. The van der Waals surface area contributed by atoms with Gasteiger partial charge in [-0.2, -0.15) is 0 Å². The van der Waals surface area contributed by atoms with E-state index < -0.39 is 0 Å². The van der Waals surface area contributed by atoms with E-state index in [-0.39, 0.29) is 11.9 Å². The smallest absolute Gasteiger partial charge is 0.322 e. The summed E-state index contributed by atoms with van der Waals surface area (Å²) in [7, 11) is 0. The van der Waals surface area contributed by atoms with E-state index in [4.69, 9.17) is 9.15 Å². The highest BCUT2D eigenvalue weighted by atomic mass is 16.5. The van der Waals surface area contributed by atoms with Crippen LogP contribution >= 0.6 is 0 Å². The number of ether oxygens (including phenoxy) is 1. The number of hydrogen-bond donors (Lipinski definition) is 1. The molecule has 0 atom stereocenters. The molecule has 0 unspecified atom stereocenters. The molecule has 0 saturated heterocycles. The van der Waals surface area contributed by atoms with E-state index in [0.29, 0.717) is 18.1 Å². The largest absolute Gasteiger partial charge is 0.494 e. The molecule has 0 radical (unpaired) electrons. The first-order chi connectivity index (χ1) is 14.7. The summed E-state index contributed by atoms with van der Waals surface area (Å²) in [5.41, 5.74) is 3.63. The van der Waals surface area contributed by atoms with Crippen LogP contribution in [-0.4, -0.2) is 22.7 Å². The Kier molecular flexibility index (Phi) is 5.85. The minimum atomic E-state index is -0.303. The molecule has 0 aliphatic heterocycles. The van der Waals surface area contributed by atoms with Gasteiger partial charge in [-0.1, -0.05) is 47.6 Å². The molecule has 4 aromatic rings. The molecule has 6 nitrogen and oxygen atoms in total. The first-order valence-corrected chi connectivity index (χ1v) is 9.72. The summed E-state index contributed by atoms with van der Waals surface area (Å²) in [4.78, 5) is 12.5. The predicted molar refractivity (Wildman–Crippen MR) is 115 cm³/mol. The summed E-state index contributed by atoms with van der Waals surface area (Å²) in [6.45, 7) is 2.53. The average molecular weight is 399 g/mol. The summed E-state index contributed by atoms with van der Waals surface area (Å²) < 4.78 is 11.0. The van der Waals surface area contributed by atoms with Crippen LogP contribution in [0.5, 0.6) is 5.75 Å². The number of nitrogens with one attached hydrogen (secondary N) is 1. The SMILES string of the molecule is CCOc1ccc(-c2nnc(NC(=O)c3ccc(Cc4ccccc4)cc3)o2)cc1. The Hall–Kier alpha value is -3.93. The topological polar surface area (TPSA) is 77.3 Å². The van der Waals surface area contributed by atoms with Crippen LogP contribution in [0, 0.1) is 0 Å². The molecule has 6 heteroatoms. The third kappa shape index (κ3) is 4.72. The fourth-order valence-electron chi connectivity index (χ4n) is 3.03. The maximum absolute atomic E-state index is 12.5. The van der Waals surface area contributed by atoms with Gasteiger partial charge in [0, 0.05) is 11.1 Å². The van der Waals surface area contributed by atoms with Crippen molar-refractivity contribution in [3.05, 3.63) is 95.6 Å². The summed E-state index contributed by atoms with van der Waals surface area (Å²) in [6, 6.07) is 25.0. The van der Waals surface area contributed by atoms with Crippen molar-refractivity contribution >= 4 is 11.9 Å². The van der Waals surface area contributed by atoms with E-state index in [0.717, 1.165) is 23.3 Å². The lowest BCUT2D eigenvalue weighted by Gasteiger charge is -2.04. The number of aromatic nitrogens is 2. The monoisotopic (exact) mass is 399 g/mol. The Morgan fingerprint density at radius 2 is 1.60 bits per heavy atom. The standard InChI is InChI=1S/C24H21N3O3/c1-2-29-21-14-12-20(13-15-21)23-26-27-24(30-23)25-22(28)19-10-8-18(9-11-19)16-17-6-4-3-5-7-17/h3-15H,2,16H2,1H3,(H,25,27,28). The fraction of sp³-hybridized carbons (Fsp3) is 0.125. The normalized spacial score (nSPS) is 10.6. The maximum Gasteiger partial charge on any atom is 0.322 e. The zero-order chi connectivity index (χ0) is 20.8. The van der Waals surface area contributed by atoms with Crippen LogP contribution < -0.4 is 10.1 Å². The van der Waals surface area contributed by atoms with Gasteiger partial charge in [-0.05, 0) is 60.9 Å². The van der Waals surface area contributed by atoms with Crippen LogP contribution in [0.4, 0.5) is 6.01 Å². The third-order valence-corrected chi connectivity index (χ3v) is 4.52.